The van der Waals surface area contributed by atoms with Crippen LogP contribution >= 0.6 is 0 Å². The number of rotatable bonds is 1. The van der Waals surface area contributed by atoms with Gasteiger partial charge in [0, 0.05) is 17.0 Å². The van der Waals surface area contributed by atoms with Crippen LogP contribution in [0.25, 0.3) is 22.3 Å². The Kier molecular flexibility index (Phi) is 2.33. The van der Waals surface area contributed by atoms with Crippen molar-refractivity contribution in [2.45, 2.75) is 6.92 Å². The topological polar surface area (TPSA) is 33.4 Å². The molecule has 2 aromatic carbocycles. The molecule has 0 atom stereocenters. The third-order valence-corrected chi connectivity index (χ3v) is 2.91. The number of aromatic hydroxyl groups is 1. The second-order valence-electron chi connectivity index (χ2n) is 4.30. The molecule has 0 bridgehead atoms. The number of fused-ring (bicyclic) bond motifs is 1. The number of aryl methyl sites for hydroxylation is 1. The van der Waals surface area contributed by atoms with Crippen molar-refractivity contribution in [2.24, 2.45) is 0 Å². The van der Waals surface area contributed by atoms with E-state index in [2.05, 4.69) is 0 Å². The van der Waals surface area contributed by atoms with Crippen LogP contribution in [-0.2, 0) is 0 Å². The molecule has 1 aromatic heterocycles. The van der Waals surface area contributed by atoms with Crippen LogP contribution in [0.5, 0.6) is 5.75 Å². The first kappa shape index (κ1) is 10.8. The van der Waals surface area contributed by atoms with Gasteiger partial charge in [-0.2, -0.15) is 0 Å². The number of phenolic OH excluding ortho intramolecular Hbond substituents is 1. The Hall–Kier alpha value is -2.29. The number of hydrogen-bond acceptors (Lipinski definition) is 2. The fourth-order valence-electron chi connectivity index (χ4n) is 2.07. The number of para-hydroxylation sites is 1. The van der Waals surface area contributed by atoms with Gasteiger partial charge in [-0.1, -0.05) is 18.2 Å². The summed E-state index contributed by atoms with van der Waals surface area (Å²) in [5, 5.41) is 10.4. The highest BCUT2D eigenvalue weighted by Crippen LogP contribution is 2.31. The average Bonchev–Trinajstić information content (AvgIpc) is 2.73. The van der Waals surface area contributed by atoms with E-state index < -0.39 is 5.82 Å². The molecule has 0 radical (unpaired) electrons. The van der Waals surface area contributed by atoms with Crippen molar-refractivity contribution in [1.82, 2.24) is 0 Å². The zero-order chi connectivity index (χ0) is 12.7. The molecule has 0 fully saturated rings. The molecule has 0 spiro atoms. The van der Waals surface area contributed by atoms with Crippen molar-refractivity contribution in [2.75, 3.05) is 0 Å². The molecule has 2 nitrogen and oxygen atoms in total. The number of phenols is 1. The molecule has 0 aliphatic carbocycles. The highest BCUT2D eigenvalue weighted by molar-refractivity contribution is 5.85. The highest BCUT2D eigenvalue weighted by atomic mass is 19.1. The molecule has 0 amide bonds. The number of benzene rings is 2. The van der Waals surface area contributed by atoms with Gasteiger partial charge in [-0.3, -0.25) is 0 Å². The Morgan fingerprint density at radius 2 is 1.94 bits per heavy atom. The van der Waals surface area contributed by atoms with Gasteiger partial charge in [0.1, 0.15) is 22.9 Å². The van der Waals surface area contributed by atoms with E-state index in [0.717, 1.165) is 22.6 Å². The molecule has 0 aliphatic rings. The van der Waals surface area contributed by atoms with Gasteiger partial charge in [0.15, 0.2) is 0 Å². The van der Waals surface area contributed by atoms with Crippen LogP contribution in [0.3, 0.4) is 0 Å². The second kappa shape index (κ2) is 3.88. The summed E-state index contributed by atoms with van der Waals surface area (Å²) in [5.74, 6) is -0.0431. The van der Waals surface area contributed by atoms with Crippen molar-refractivity contribution in [3.63, 3.8) is 0 Å². The van der Waals surface area contributed by atoms with Crippen LogP contribution in [0.2, 0.25) is 0 Å². The number of hydrogen-bond donors (Lipinski definition) is 1. The fourth-order valence-corrected chi connectivity index (χ4v) is 2.07. The first-order chi connectivity index (χ1) is 8.63. The van der Waals surface area contributed by atoms with Crippen molar-refractivity contribution >= 4 is 11.0 Å². The Bertz CT molecular complexity index is 708. The highest BCUT2D eigenvalue weighted by Gasteiger charge is 2.09. The molecule has 0 unspecified atom stereocenters. The lowest BCUT2D eigenvalue weighted by Gasteiger charge is -1.98. The zero-order valence-corrected chi connectivity index (χ0v) is 9.77. The first-order valence-electron chi connectivity index (χ1n) is 5.62. The number of halogens is 1. The molecular formula is C15H11FO2. The minimum absolute atomic E-state index is 0.109. The van der Waals surface area contributed by atoms with Crippen molar-refractivity contribution in [3.8, 4) is 17.1 Å². The smallest absolute Gasteiger partial charge is 0.137 e. The zero-order valence-electron chi connectivity index (χ0n) is 9.77. The predicted octanol–water partition coefficient (Wildman–Crippen LogP) is 4.25. The van der Waals surface area contributed by atoms with Gasteiger partial charge >= 0.3 is 0 Å². The maximum absolute atomic E-state index is 13.2. The van der Waals surface area contributed by atoms with Gasteiger partial charge in [0.05, 0.1) is 0 Å². The molecule has 0 aliphatic heterocycles. The van der Waals surface area contributed by atoms with Gasteiger partial charge in [-0.15, -0.1) is 0 Å². The van der Waals surface area contributed by atoms with Crippen LogP contribution in [0.1, 0.15) is 5.56 Å². The summed E-state index contributed by atoms with van der Waals surface area (Å²) in [5.41, 5.74) is 2.35. The van der Waals surface area contributed by atoms with E-state index in [0.29, 0.717) is 11.3 Å². The van der Waals surface area contributed by atoms with Crippen LogP contribution in [0.15, 0.2) is 46.9 Å². The monoisotopic (exact) mass is 242 g/mol. The Morgan fingerprint density at radius 3 is 2.67 bits per heavy atom. The molecule has 3 aromatic rings. The quantitative estimate of drug-likeness (QED) is 0.691. The van der Waals surface area contributed by atoms with Crippen LogP contribution in [0, 0.1) is 12.7 Å². The van der Waals surface area contributed by atoms with Crippen molar-refractivity contribution < 1.29 is 13.9 Å². The summed E-state index contributed by atoms with van der Waals surface area (Å²) in [7, 11) is 0. The first-order valence-corrected chi connectivity index (χ1v) is 5.62. The van der Waals surface area contributed by atoms with E-state index in [9.17, 15) is 9.50 Å². The molecular weight excluding hydrogens is 231 g/mol. The molecule has 90 valence electrons. The molecule has 3 rings (SSSR count). The van der Waals surface area contributed by atoms with Crippen LogP contribution in [-0.4, -0.2) is 5.11 Å². The summed E-state index contributed by atoms with van der Waals surface area (Å²) >= 11 is 0. The van der Waals surface area contributed by atoms with Crippen LogP contribution in [0.4, 0.5) is 4.39 Å². The lowest BCUT2D eigenvalue weighted by molar-refractivity contribution is 0.469. The van der Waals surface area contributed by atoms with Crippen molar-refractivity contribution in [3.05, 3.63) is 53.8 Å². The normalized spacial score (nSPS) is 11.0. The maximum Gasteiger partial charge on any atom is 0.137 e. The Labute approximate surface area is 103 Å². The predicted molar refractivity (Wildman–Crippen MR) is 68.0 cm³/mol. The van der Waals surface area contributed by atoms with Crippen LogP contribution < -0.4 is 0 Å². The summed E-state index contributed by atoms with van der Waals surface area (Å²) in [6.45, 7) is 1.96. The van der Waals surface area contributed by atoms with Gasteiger partial charge in [-0.05, 0) is 30.7 Å². The summed E-state index contributed by atoms with van der Waals surface area (Å²) < 4.78 is 19.0. The third kappa shape index (κ3) is 1.74. The van der Waals surface area contributed by atoms with E-state index in [1.165, 1.54) is 12.1 Å². The molecule has 0 saturated carbocycles. The molecule has 3 heteroatoms. The van der Waals surface area contributed by atoms with E-state index in [1.54, 1.807) is 0 Å². The lowest BCUT2D eigenvalue weighted by atomic mass is 10.1. The Balaban J connectivity index is 2.22. The average molecular weight is 242 g/mol. The summed E-state index contributed by atoms with van der Waals surface area (Å²) in [6.07, 6.45) is 0. The van der Waals surface area contributed by atoms with Gasteiger partial charge < -0.3 is 9.52 Å². The summed E-state index contributed by atoms with van der Waals surface area (Å²) in [6, 6.07) is 11.6. The van der Waals surface area contributed by atoms with E-state index >= 15 is 0 Å². The SMILES string of the molecule is Cc1cccc2cc(-c3cc(O)cc(F)c3)oc12. The molecule has 18 heavy (non-hydrogen) atoms. The Morgan fingerprint density at radius 1 is 1.11 bits per heavy atom. The van der Waals surface area contributed by atoms with E-state index in [-0.39, 0.29) is 5.75 Å². The number of furan rings is 1. The van der Waals surface area contributed by atoms with Gasteiger partial charge in [0.25, 0.3) is 0 Å². The lowest BCUT2D eigenvalue weighted by Crippen LogP contribution is -1.78. The standard InChI is InChI=1S/C15H11FO2/c1-9-3-2-4-10-7-14(18-15(9)10)11-5-12(16)8-13(17)6-11/h2-8,17H,1H3. The van der Waals surface area contributed by atoms with E-state index in [4.69, 9.17) is 4.42 Å². The van der Waals surface area contributed by atoms with Crippen molar-refractivity contribution in [1.29, 1.82) is 0 Å². The van der Waals surface area contributed by atoms with Gasteiger partial charge in [-0.25, -0.2) is 4.39 Å². The third-order valence-electron chi connectivity index (χ3n) is 2.91. The largest absolute Gasteiger partial charge is 0.508 e. The molecule has 1 heterocycles. The maximum atomic E-state index is 13.2. The second-order valence-corrected chi connectivity index (χ2v) is 4.30. The molecule has 0 saturated heterocycles. The molecule has 1 N–H and O–H groups in total. The summed E-state index contributed by atoms with van der Waals surface area (Å²) in [4.78, 5) is 0. The minimum Gasteiger partial charge on any atom is -0.508 e. The van der Waals surface area contributed by atoms with E-state index in [1.807, 2.05) is 31.2 Å². The fraction of sp³-hybridized carbons (Fsp3) is 0.0667. The van der Waals surface area contributed by atoms with Gasteiger partial charge in [0.2, 0.25) is 0 Å². The minimum atomic E-state index is -0.484.